The molecule has 5 nitrogen and oxygen atoms in total. The van der Waals surface area contributed by atoms with Crippen LogP contribution in [0, 0.1) is 0 Å². The van der Waals surface area contributed by atoms with Gasteiger partial charge in [-0.15, -0.1) is 0 Å². The van der Waals surface area contributed by atoms with Crippen molar-refractivity contribution in [1.29, 1.82) is 0 Å². The van der Waals surface area contributed by atoms with E-state index in [0.29, 0.717) is 11.1 Å². The second-order valence-corrected chi connectivity index (χ2v) is 4.26. The summed E-state index contributed by atoms with van der Waals surface area (Å²) in [7, 11) is 1.28. The molecule has 0 aliphatic heterocycles. The number of methoxy groups -OCH3 is 1. The van der Waals surface area contributed by atoms with Gasteiger partial charge in [0.05, 0.1) is 12.7 Å². The first-order chi connectivity index (χ1) is 9.52. The fraction of sp³-hybridized carbons (Fsp3) is 0.200. The van der Waals surface area contributed by atoms with E-state index in [1.807, 2.05) is 0 Å². The van der Waals surface area contributed by atoms with Crippen molar-refractivity contribution in [3.63, 3.8) is 0 Å². The van der Waals surface area contributed by atoms with Crippen LogP contribution in [0.15, 0.2) is 30.3 Å². The lowest BCUT2D eigenvalue weighted by Gasteiger charge is -2.09. The molecule has 0 atom stereocenters. The van der Waals surface area contributed by atoms with Crippen LogP contribution in [-0.2, 0) is 9.53 Å². The standard InChI is InChI=1S/C15H14O5/c1-9(16)15-12-7-11(20-8-14(18)19-2)5-3-10(12)4-6-13(15)17/h3-7,17H,8H2,1-2H3. The highest BCUT2D eigenvalue weighted by molar-refractivity contribution is 6.09. The second kappa shape index (κ2) is 5.61. The fourth-order valence-electron chi connectivity index (χ4n) is 1.95. The minimum absolute atomic E-state index is 0.0740. The van der Waals surface area contributed by atoms with Crippen LogP contribution in [0.4, 0.5) is 0 Å². The number of ketones is 1. The van der Waals surface area contributed by atoms with Crippen molar-refractivity contribution in [2.75, 3.05) is 13.7 Å². The normalized spacial score (nSPS) is 10.3. The van der Waals surface area contributed by atoms with Crippen molar-refractivity contribution in [2.45, 2.75) is 6.92 Å². The first kappa shape index (κ1) is 13.9. The van der Waals surface area contributed by atoms with Crippen LogP contribution in [0.3, 0.4) is 0 Å². The van der Waals surface area contributed by atoms with Gasteiger partial charge in [0.2, 0.25) is 0 Å². The molecule has 0 unspecified atom stereocenters. The van der Waals surface area contributed by atoms with Gasteiger partial charge in [-0.25, -0.2) is 4.79 Å². The predicted molar refractivity (Wildman–Crippen MR) is 73.1 cm³/mol. The Hall–Kier alpha value is -2.56. The zero-order valence-electron chi connectivity index (χ0n) is 11.2. The molecule has 0 saturated carbocycles. The highest BCUT2D eigenvalue weighted by atomic mass is 16.6. The summed E-state index contributed by atoms with van der Waals surface area (Å²) in [5, 5.41) is 11.2. The van der Waals surface area contributed by atoms with Crippen LogP contribution in [0.2, 0.25) is 0 Å². The molecule has 0 aromatic heterocycles. The summed E-state index contributed by atoms with van der Waals surface area (Å²) in [5.41, 5.74) is 0.242. The molecule has 0 aliphatic rings. The van der Waals surface area contributed by atoms with E-state index in [4.69, 9.17) is 4.74 Å². The van der Waals surface area contributed by atoms with E-state index in [2.05, 4.69) is 4.74 Å². The van der Waals surface area contributed by atoms with E-state index >= 15 is 0 Å². The molecule has 0 fully saturated rings. The molecule has 0 aliphatic carbocycles. The van der Waals surface area contributed by atoms with Crippen LogP contribution < -0.4 is 4.74 Å². The maximum atomic E-state index is 11.6. The molecule has 0 saturated heterocycles. The summed E-state index contributed by atoms with van der Waals surface area (Å²) in [6, 6.07) is 8.25. The molecule has 0 amide bonds. The summed E-state index contributed by atoms with van der Waals surface area (Å²) in [4.78, 5) is 22.7. The quantitative estimate of drug-likeness (QED) is 0.684. The van der Waals surface area contributed by atoms with Crippen LogP contribution in [0.1, 0.15) is 17.3 Å². The summed E-state index contributed by atoms with van der Waals surface area (Å²) < 4.78 is 9.76. The number of hydrogen-bond acceptors (Lipinski definition) is 5. The van der Waals surface area contributed by atoms with Crippen LogP contribution in [-0.4, -0.2) is 30.6 Å². The molecule has 1 N–H and O–H groups in total. The van der Waals surface area contributed by atoms with Gasteiger partial charge in [-0.05, 0) is 35.9 Å². The number of Topliss-reactive ketones (excluding diaryl/α,β-unsaturated/α-hetero) is 1. The molecule has 2 aromatic carbocycles. The molecular weight excluding hydrogens is 260 g/mol. The Kier molecular flexibility index (Phi) is 3.89. The van der Waals surface area contributed by atoms with Crippen molar-refractivity contribution in [1.82, 2.24) is 0 Å². The topological polar surface area (TPSA) is 72.8 Å². The minimum Gasteiger partial charge on any atom is -0.507 e. The number of carbonyl (C=O) groups is 2. The SMILES string of the molecule is COC(=O)COc1ccc2ccc(O)c(C(C)=O)c2c1. The predicted octanol–water partition coefficient (Wildman–Crippen LogP) is 2.30. The fourth-order valence-corrected chi connectivity index (χ4v) is 1.95. The highest BCUT2D eigenvalue weighted by Gasteiger charge is 2.12. The Balaban J connectivity index is 2.44. The Morgan fingerprint density at radius 1 is 1.20 bits per heavy atom. The van der Waals surface area contributed by atoms with E-state index in [1.165, 1.54) is 20.1 Å². The average Bonchev–Trinajstić information content (AvgIpc) is 2.43. The smallest absolute Gasteiger partial charge is 0.343 e. The lowest BCUT2D eigenvalue weighted by Crippen LogP contribution is -2.12. The van der Waals surface area contributed by atoms with Gasteiger partial charge in [0.1, 0.15) is 11.5 Å². The molecule has 0 radical (unpaired) electrons. The first-order valence-corrected chi connectivity index (χ1v) is 5.99. The molecular formula is C15H14O5. The molecule has 5 heteroatoms. The zero-order valence-corrected chi connectivity index (χ0v) is 11.2. The third kappa shape index (κ3) is 2.71. The van der Waals surface area contributed by atoms with Crippen LogP contribution >= 0.6 is 0 Å². The van der Waals surface area contributed by atoms with Crippen LogP contribution in [0.25, 0.3) is 10.8 Å². The van der Waals surface area contributed by atoms with Gasteiger partial charge >= 0.3 is 5.97 Å². The average molecular weight is 274 g/mol. The monoisotopic (exact) mass is 274 g/mol. The maximum Gasteiger partial charge on any atom is 0.343 e. The molecule has 0 spiro atoms. The summed E-state index contributed by atoms with van der Waals surface area (Å²) in [6.07, 6.45) is 0. The number of carbonyl (C=O) groups excluding carboxylic acids is 2. The van der Waals surface area contributed by atoms with Gasteiger partial charge in [0.25, 0.3) is 0 Å². The van der Waals surface area contributed by atoms with Gasteiger partial charge in [-0.3, -0.25) is 4.79 Å². The van der Waals surface area contributed by atoms with Crippen molar-refractivity contribution in [3.05, 3.63) is 35.9 Å². The lowest BCUT2D eigenvalue weighted by molar-refractivity contribution is -0.142. The molecule has 20 heavy (non-hydrogen) atoms. The molecule has 2 aromatic rings. The Bertz CT molecular complexity index is 675. The molecule has 0 bridgehead atoms. The minimum atomic E-state index is -0.493. The van der Waals surface area contributed by atoms with E-state index in [9.17, 15) is 14.7 Å². The number of fused-ring (bicyclic) bond motifs is 1. The number of phenols is 1. The van der Waals surface area contributed by atoms with E-state index in [1.54, 1.807) is 24.3 Å². The van der Waals surface area contributed by atoms with Gasteiger partial charge in [-0.1, -0.05) is 12.1 Å². The number of ether oxygens (including phenoxy) is 2. The second-order valence-electron chi connectivity index (χ2n) is 4.26. The number of esters is 1. The Morgan fingerprint density at radius 2 is 1.90 bits per heavy atom. The Morgan fingerprint density at radius 3 is 2.55 bits per heavy atom. The zero-order chi connectivity index (χ0) is 14.7. The molecule has 0 heterocycles. The Labute approximate surface area is 115 Å². The van der Waals surface area contributed by atoms with E-state index in [0.717, 1.165) is 5.39 Å². The summed E-state index contributed by atoms with van der Waals surface area (Å²) >= 11 is 0. The van der Waals surface area contributed by atoms with Crippen molar-refractivity contribution >= 4 is 22.5 Å². The summed E-state index contributed by atoms with van der Waals surface area (Å²) in [6.45, 7) is 1.17. The largest absolute Gasteiger partial charge is 0.507 e. The third-order valence-electron chi connectivity index (χ3n) is 2.91. The summed E-state index contributed by atoms with van der Waals surface area (Å²) in [5.74, 6) is -0.378. The maximum absolute atomic E-state index is 11.6. The van der Waals surface area contributed by atoms with Gasteiger partial charge in [0.15, 0.2) is 12.4 Å². The number of hydrogen-bond donors (Lipinski definition) is 1. The third-order valence-corrected chi connectivity index (χ3v) is 2.91. The number of aromatic hydroxyl groups is 1. The van der Waals surface area contributed by atoms with Gasteiger partial charge in [0, 0.05) is 0 Å². The van der Waals surface area contributed by atoms with Crippen molar-refractivity contribution in [2.24, 2.45) is 0 Å². The van der Waals surface area contributed by atoms with E-state index < -0.39 is 5.97 Å². The lowest BCUT2D eigenvalue weighted by atomic mass is 10.0. The van der Waals surface area contributed by atoms with Gasteiger partial charge in [-0.2, -0.15) is 0 Å². The van der Waals surface area contributed by atoms with Crippen molar-refractivity contribution < 1.29 is 24.2 Å². The highest BCUT2D eigenvalue weighted by Crippen LogP contribution is 2.30. The number of benzene rings is 2. The molecule has 2 rings (SSSR count). The van der Waals surface area contributed by atoms with Crippen molar-refractivity contribution in [3.8, 4) is 11.5 Å². The molecule has 104 valence electrons. The van der Waals surface area contributed by atoms with Crippen LogP contribution in [0.5, 0.6) is 11.5 Å². The van der Waals surface area contributed by atoms with E-state index in [-0.39, 0.29) is 23.7 Å². The number of rotatable bonds is 4. The first-order valence-electron chi connectivity index (χ1n) is 5.99. The number of phenolic OH excluding ortho intramolecular Hbond substituents is 1. The van der Waals surface area contributed by atoms with Gasteiger partial charge < -0.3 is 14.6 Å².